The quantitative estimate of drug-likeness (QED) is 0.708. The normalized spacial score (nSPS) is 24.3. The molecule has 1 aromatic carbocycles. The van der Waals surface area contributed by atoms with Gasteiger partial charge in [-0.1, -0.05) is 61.6 Å². The highest BCUT2D eigenvalue weighted by Crippen LogP contribution is 2.24. The standard InChI is InChI=1S/C17H22O/c1-14(8-9-16-6-4-3-5-7-16)12-17-13-15(2)10-11-18-17/h3-9,15,17H,1,10-13H2,2H3/b9-8+. The molecule has 1 aromatic rings. The lowest BCUT2D eigenvalue weighted by Crippen LogP contribution is -2.24. The second kappa shape index (κ2) is 6.55. The van der Waals surface area contributed by atoms with Crippen LogP contribution in [0.15, 0.2) is 48.6 Å². The molecule has 0 amide bonds. The third kappa shape index (κ3) is 4.15. The summed E-state index contributed by atoms with van der Waals surface area (Å²) in [5, 5.41) is 0. The van der Waals surface area contributed by atoms with Gasteiger partial charge >= 0.3 is 0 Å². The van der Waals surface area contributed by atoms with Gasteiger partial charge in [-0.15, -0.1) is 0 Å². The van der Waals surface area contributed by atoms with Crippen molar-refractivity contribution < 1.29 is 4.74 Å². The first-order valence-corrected chi connectivity index (χ1v) is 6.76. The molecule has 2 unspecified atom stereocenters. The Balaban J connectivity index is 1.83. The summed E-state index contributed by atoms with van der Waals surface area (Å²) in [5.74, 6) is 0.787. The molecule has 0 bridgehead atoms. The molecule has 2 rings (SSSR count). The second-order valence-electron chi connectivity index (χ2n) is 5.23. The highest BCUT2D eigenvalue weighted by atomic mass is 16.5. The molecule has 1 heterocycles. The summed E-state index contributed by atoms with van der Waals surface area (Å²) in [6.07, 6.45) is 7.91. The molecule has 0 aromatic heterocycles. The van der Waals surface area contributed by atoms with Crippen LogP contribution in [0.1, 0.15) is 31.7 Å². The van der Waals surface area contributed by atoms with Gasteiger partial charge in [-0.3, -0.25) is 0 Å². The molecule has 1 aliphatic heterocycles. The zero-order chi connectivity index (χ0) is 12.8. The van der Waals surface area contributed by atoms with Crippen molar-refractivity contribution in [3.8, 4) is 0 Å². The molecule has 0 radical (unpaired) electrons. The van der Waals surface area contributed by atoms with Gasteiger partial charge in [-0.05, 0) is 30.7 Å². The minimum Gasteiger partial charge on any atom is -0.378 e. The summed E-state index contributed by atoms with van der Waals surface area (Å²) in [6.45, 7) is 7.33. The van der Waals surface area contributed by atoms with Gasteiger partial charge < -0.3 is 4.74 Å². The number of allylic oxidation sites excluding steroid dienone is 1. The molecule has 18 heavy (non-hydrogen) atoms. The van der Waals surface area contributed by atoms with Crippen molar-refractivity contribution in [2.75, 3.05) is 6.61 Å². The molecule has 1 nitrogen and oxygen atoms in total. The average molecular weight is 242 g/mol. The van der Waals surface area contributed by atoms with E-state index in [1.165, 1.54) is 12.0 Å². The van der Waals surface area contributed by atoms with E-state index < -0.39 is 0 Å². The third-order valence-corrected chi connectivity index (χ3v) is 3.43. The van der Waals surface area contributed by atoms with Crippen LogP contribution in [0.4, 0.5) is 0 Å². The summed E-state index contributed by atoms with van der Waals surface area (Å²) < 4.78 is 5.78. The predicted octanol–water partition coefficient (Wildman–Crippen LogP) is 4.46. The first-order chi connectivity index (χ1) is 8.74. The van der Waals surface area contributed by atoms with Gasteiger partial charge in [0.05, 0.1) is 6.10 Å². The van der Waals surface area contributed by atoms with Crippen LogP contribution in [0, 0.1) is 5.92 Å². The Bertz CT molecular complexity index is 405. The predicted molar refractivity (Wildman–Crippen MR) is 77.4 cm³/mol. The summed E-state index contributed by atoms with van der Waals surface area (Å²) in [4.78, 5) is 0. The maximum atomic E-state index is 5.78. The molecule has 1 aliphatic rings. The van der Waals surface area contributed by atoms with Crippen LogP contribution in [0.25, 0.3) is 6.08 Å². The van der Waals surface area contributed by atoms with Gasteiger partial charge in [0.25, 0.3) is 0 Å². The molecule has 1 fully saturated rings. The van der Waals surface area contributed by atoms with Crippen molar-refractivity contribution in [3.63, 3.8) is 0 Å². The SMILES string of the molecule is C=C(/C=C/c1ccccc1)CC1CC(C)CCO1. The number of ether oxygens (including phenoxy) is 1. The Kier molecular flexibility index (Phi) is 4.77. The van der Waals surface area contributed by atoms with Crippen LogP contribution in [0.3, 0.4) is 0 Å². The molecule has 0 aliphatic carbocycles. The fraction of sp³-hybridized carbons (Fsp3) is 0.412. The first kappa shape index (κ1) is 13.1. The van der Waals surface area contributed by atoms with Crippen LogP contribution < -0.4 is 0 Å². The van der Waals surface area contributed by atoms with Crippen LogP contribution in [-0.2, 0) is 4.74 Å². The van der Waals surface area contributed by atoms with Crippen LogP contribution in [0.5, 0.6) is 0 Å². The lowest BCUT2D eigenvalue weighted by Gasteiger charge is -2.27. The van der Waals surface area contributed by atoms with Crippen molar-refractivity contribution in [1.29, 1.82) is 0 Å². The van der Waals surface area contributed by atoms with E-state index in [1.54, 1.807) is 0 Å². The van der Waals surface area contributed by atoms with Crippen molar-refractivity contribution in [1.82, 2.24) is 0 Å². The topological polar surface area (TPSA) is 9.23 Å². The third-order valence-electron chi connectivity index (χ3n) is 3.43. The van der Waals surface area contributed by atoms with E-state index in [-0.39, 0.29) is 0 Å². The Morgan fingerprint density at radius 3 is 2.89 bits per heavy atom. The molecule has 1 saturated heterocycles. The van der Waals surface area contributed by atoms with E-state index in [0.717, 1.165) is 30.9 Å². The van der Waals surface area contributed by atoms with Gasteiger partial charge in [-0.25, -0.2) is 0 Å². The Labute approximate surface area is 110 Å². The van der Waals surface area contributed by atoms with E-state index in [0.29, 0.717) is 6.10 Å². The average Bonchev–Trinajstić information content (AvgIpc) is 2.38. The van der Waals surface area contributed by atoms with Gasteiger partial charge in [0, 0.05) is 6.61 Å². The number of hydrogen-bond donors (Lipinski definition) is 0. The van der Waals surface area contributed by atoms with Crippen molar-refractivity contribution in [2.45, 2.75) is 32.3 Å². The number of hydrogen-bond acceptors (Lipinski definition) is 1. The largest absolute Gasteiger partial charge is 0.378 e. The molecule has 96 valence electrons. The molecule has 2 atom stereocenters. The van der Waals surface area contributed by atoms with Gasteiger partial charge in [0.1, 0.15) is 0 Å². The molecule has 0 spiro atoms. The molecular weight excluding hydrogens is 220 g/mol. The van der Waals surface area contributed by atoms with E-state index in [9.17, 15) is 0 Å². The highest BCUT2D eigenvalue weighted by Gasteiger charge is 2.19. The lowest BCUT2D eigenvalue weighted by molar-refractivity contribution is -0.00357. The highest BCUT2D eigenvalue weighted by molar-refractivity contribution is 5.52. The fourth-order valence-corrected chi connectivity index (χ4v) is 2.35. The number of benzene rings is 1. The molecular formula is C17H22O. The van der Waals surface area contributed by atoms with Crippen LogP contribution >= 0.6 is 0 Å². The Morgan fingerprint density at radius 1 is 1.39 bits per heavy atom. The van der Waals surface area contributed by atoms with Crippen LogP contribution in [0.2, 0.25) is 0 Å². The van der Waals surface area contributed by atoms with E-state index in [1.807, 2.05) is 18.2 Å². The second-order valence-corrected chi connectivity index (χ2v) is 5.23. The van der Waals surface area contributed by atoms with Crippen molar-refractivity contribution >= 4 is 6.08 Å². The maximum absolute atomic E-state index is 5.78. The Hall–Kier alpha value is -1.34. The summed E-state index contributed by atoms with van der Waals surface area (Å²) in [6, 6.07) is 10.3. The Morgan fingerprint density at radius 2 is 2.17 bits per heavy atom. The zero-order valence-electron chi connectivity index (χ0n) is 11.1. The number of rotatable bonds is 4. The summed E-state index contributed by atoms with van der Waals surface area (Å²) >= 11 is 0. The zero-order valence-corrected chi connectivity index (χ0v) is 11.1. The fourth-order valence-electron chi connectivity index (χ4n) is 2.35. The minimum atomic E-state index is 0.363. The van der Waals surface area contributed by atoms with Gasteiger partial charge in [0.15, 0.2) is 0 Å². The van der Waals surface area contributed by atoms with Gasteiger partial charge in [0.2, 0.25) is 0 Å². The van der Waals surface area contributed by atoms with E-state index >= 15 is 0 Å². The van der Waals surface area contributed by atoms with Crippen molar-refractivity contribution in [3.05, 3.63) is 54.1 Å². The smallest absolute Gasteiger partial charge is 0.0617 e. The monoisotopic (exact) mass is 242 g/mol. The van der Waals surface area contributed by atoms with Gasteiger partial charge in [-0.2, -0.15) is 0 Å². The molecule has 0 saturated carbocycles. The first-order valence-electron chi connectivity index (χ1n) is 6.76. The van der Waals surface area contributed by atoms with E-state index in [2.05, 4.69) is 37.8 Å². The maximum Gasteiger partial charge on any atom is 0.0617 e. The van der Waals surface area contributed by atoms with E-state index in [4.69, 9.17) is 4.74 Å². The summed E-state index contributed by atoms with van der Waals surface area (Å²) in [7, 11) is 0. The van der Waals surface area contributed by atoms with Crippen LogP contribution in [-0.4, -0.2) is 12.7 Å². The lowest BCUT2D eigenvalue weighted by atomic mass is 9.94. The molecule has 1 heteroatoms. The minimum absolute atomic E-state index is 0.363. The summed E-state index contributed by atoms with van der Waals surface area (Å²) in [5.41, 5.74) is 2.37. The molecule has 0 N–H and O–H groups in total. The van der Waals surface area contributed by atoms with Crippen molar-refractivity contribution in [2.24, 2.45) is 5.92 Å².